The van der Waals surface area contributed by atoms with Gasteiger partial charge in [-0.1, -0.05) is 19.3 Å². The SMILES string of the molecule is CC(C)(C)OC(=O)N1CCC[C@H](C(=O)O)C1.COC(=O)[C@H]1CCCN(C(=O)OC(C)(C)C)C1.O=C(O)[C@@H]1CCCCN1.O=C(O)[C@@H]1CCCCN1.OC1([C@@H]2CCCCN2)CC1. The minimum atomic E-state index is -0.840. The van der Waals surface area contributed by atoms with Crippen molar-refractivity contribution in [3.8, 4) is 0 Å². The minimum Gasteiger partial charge on any atom is -0.481 e. The van der Waals surface area contributed by atoms with Gasteiger partial charge in [0.25, 0.3) is 0 Å². The quantitative estimate of drug-likeness (QED) is 0.147. The van der Waals surface area contributed by atoms with Crippen molar-refractivity contribution in [1.82, 2.24) is 25.8 Å². The molecule has 0 radical (unpaired) electrons. The van der Waals surface area contributed by atoms with E-state index in [4.69, 9.17) is 29.5 Å². The van der Waals surface area contributed by atoms with E-state index in [1.165, 1.54) is 31.3 Å². The highest BCUT2D eigenvalue weighted by atomic mass is 16.6. The van der Waals surface area contributed by atoms with Gasteiger partial charge in [-0.15, -0.1) is 0 Å². The molecule has 0 aromatic carbocycles. The molecule has 0 aromatic heterocycles. The third-order valence-corrected chi connectivity index (χ3v) is 11.0. The van der Waals surface area contributed by atoms with Crippen LogP contribution < -0.4 is 16.0 Å². The van der Waals surface area contributed by atoms with Gasteiger partial charge in [0.15, 0.2) is 0 Å². The first-order valence-corrected chi connectivity index (χ1v) is 22.2. The van der Waals surface area contributed by atoms with Crippen LogP contribution in [0.25, 0.3) is 0 Å². The Morgan fingerprint density at radius 2 is 0.967 bits per heavy atom. The van der Waals surface area contributed by atoms with Crippen LogP contribution >= 0.6 is 0 Å². The van der Waals surface area contributed by atoms with Crippen molar-refractivity contribution < 1.29 is 63.4 Å². The number of rotatable bonds is 5. The number of methoxy groups -OCH3 is 1. The molecule has 6 fully saturated rings. The van der Waals surface area contributed by atoms with Crippen LogP contribution in [-0.4, -0.2) is 154 Å². The third kappa shape index (κ3) is 21.8. The molecule has 5 saturated heterocycles. The number of hydrogen-bond donors (Lipinski definition) is 7. The van der Waals surface area contributed by atoms with E-state index in [0.717, 1.165) is 90.3 Å². The molecule has 2 amide bonds. The van der Waals surface area contributed by atoms with E-state index >= 15 is 0 Å². The number of hydrogen-bond acceptors (Lipinski definition) is 13. The summed E-state index contributed by atoms with van der Waals surface area (Å²) >= 11 is 0. The summed E-state index contributed by atoms with van der Waals surface area (Å²) in [5, 5.41) is 44.7. The number of piperidine rings is 5. The first-order valence-electron chi connectivity index (χ1n) is 22.2. The second kappa shape index (κ2) is 26.0. The first-order chi connectivity index (χ1) is 28.5. The first kappa shape index (κ1) is 53.4. The Morgan fingerprint density at radius 1 is 0.557 bits per heavy atom. The normalized spacial score (nSPS) is 25.9. The smallest absolute Gasteiger partial charge is 0.410 e. The van der Waals surface area contributed by atoms with Crippen LogP contribution in [0.15, 0.2) is 0 Å². The molecule has 352 valence electrons. The van der Waals surface area contributed by atoms with E-state index in [9.17, 15) is 33.9 Å². The number of amides is 2. The number of aliphatic hydroxyl groups is 1. The topological polar surface area (TPSA) is 254 Å². The van der Waals surface area contributed by atoms with Crippen LogP contribution in [0.5, 0.6) is 0 Å². The van der Waals surface area contributed by atoms with Crippen molar-refractivity contribution in [2.45, 2.75) is 173 Å². The lowest BCUT2D eigenvalue weighted by atomic mass is 9.98. The molecule has 5 atom stereocenters. The zero-order chi connectivity index (χ0) is 45.8. The number of esters is 1. The number of ether oxygens (including phenoxy) is 3. The van der Waals surface area contributed by atoms with Crippen LogP contribution in [0, 0.1) is 11.8 Å². The molecule has 0 unspecified atom stereocenters. The van der Waals surface area contributed by atoms with Crippen molar-refractivity contribution in [3.63, 3.8) is 0 Å². The van der Waals surface area contributed by atoms with Crippen molar-refractivity contribution >= 4 is 36.1 Å². The molecular formula is C43H77N5O13. The second-order valence-corrected chi connectivity index (χ2v) is 18.7. The van der Waals surface area contributed by atoms with E-state index in [1.54, 1.807) is 25.7 Å². The van der Waals surface area contributed by atoms with Gasteiger partial charge >= 0.3 is 36.1 Å². The summed E-state index contributed by atoms with van der Waals surface area (Å²) in [5.74, 6) is -3.20. The minimum absolute atomic E-state index is 0.221. The molecule has 18 nitrogen and oxygen atoms in total. The van der Waals surface area contributed by atoms with E-state index in [1.807, 2.05) is 20.8 Å². The molecule has 5 aliphatic heterocycles. The zero-order valence-electron chi connectivity index (χ0n) is 37.8. The Kier molecular flexibility index (Phi) is 22.8. The average Bonchev–Trinajstić information content (AvgIpc) is 3.99. The number of carbonyl (C=O) groups is 6. The number of nitrogens with zero attached hydrogens (tertiary/aromatic N) is 2. The fourth-order valence-corrected chi connectivity index (χ4v) is 7.41. The van der Waals surface area contributed by atoms with Crippen LogP contribution in [0.3, 0.4) is 0 Å². The van der Waals surface area contributed by atoms with Gasteiger partial charge < -0.3 is 60.4 Å². The van der Waals surface area contributed by atoms with Gasteiger partial charge in [0.05, 0.1) is 24.5 Å². The number of carbonyl (C=O) groups excluding carboxylic acids is 3. The number of nitrogens with one attached hydrogen (secondary N) is 3. The van der Waals surface area contributed by atoms with Gasteiger partial charge in [0, 0.05) is 32.2 Å². The summed E-state index contributed by atoms with van der Waals surface area (Å²) < 4.78 is 15.2. The molecule has 18 heteroatoms. The van der Waals surface area contributed by atoms with E-state index in [2.05, 4.69) is 16.0 Å². The van der Waals surface area contributed by atoms with Crippen molar-refractivity contribution in [3.05, 3.63) is 0 Å². The van der Waals surface area contributed by atoms with Gasteiger partial charge in [0.2, 0.25) is 0 Å². The van der Waals surface area contributed by atoms with Crippen LogP contribution in [0.4, 0.5) is 9.59 Å². The van der Waals surface area contributed by atoms with Crippen molar-refractivity contribution in [1.29, 1.82) is 0 Å². The molecule has 6 rings (SSSR count). The Bertz CT molecular complexity index is 1350. The van der Waals surface area contributed by atoms with Gasteiger partial charge in [0.1, 0.15) is 23.3 Å². The molecule has 1 aliphatic carbocycles. The van der Waals surface area contributed by atoms with E-state index < -0.39 is 41.1 Å². The average molecular weight is 872 g/mol. The van der Waals surface area contributed by atoms with Gasteiger partial charge in [-0.2, -0.15) is 0 Å². The maximum absolute atomic E-state index is 11.8. The number of likely N-dealkylation sites (tertiary alicyclic amines) is 2. The van der Waals surface area contributed by atoms with E-state index in [0.29, 0.717) is 32.1 Å². The number of carboxylic acids is 3. The highest BCUT2D eigenvalue weighted by molar-refractivity contribution is 5.75. The molecule has 1 saturated carbocycles. The summed E-state index contributed by atoms with van der Waals surface area (Å²) in [6.07, 6.45) is 13.8. The molecule has 6 aliphatic rings. The predicted molar refractivity (Wildman–Crippen MR) is 227 cm³/mol. The van der Waals surface area contributed by atoms with Gasteiger partial charge in [-0.05, 0) is 138 Å². The highest BCUT2D eigenvalue weighted by Crippen LogP contribution is 2.40. The lowest BCUT2D eigenvalue weighted by Gasteiger charge is -2.32. The summed E-state index contributed by atoms with van der Waals surface area (Å²) in [7, 11) is 1.37. The Hall–Kier alpha value is -3.74. The van der Waals surface area contributed by atoms with Gasteiger partial charge in [-0.3, -0.25) is 19.2 Å². The number of aliphatic carboxylic acids is 3. The Labute approximate surface area is 362 Å². The number of carboxylic acid groups (broad SMARTS) is 3. The largest absolute Gasteiger partial charge is 0.481 e. The van der Waals surface area contributed by atoms with Crippen molar-refractivity contribution in [2.24, 2.45) is 11.8 Å². The Balaban J connectivity index is 0.000000269. The molecule has 61 heavy (non-hydrogen) atoms. The van der Waals surface area contributed by atoms with Gasteiger partial charge in [-0.25, -0.2) is 9.59 Å². The lowest BCUT2D eigenvalue weighted by molar-refractivity contribution is -0.147. The molecule has 0 bridgehead atoms. The predicted octanol–water partition coefficient (Wildman–Crippen LogP) is 4.60. The van der Waals surface area contributed by atoms with Crippen LogP contribution in [-0.2, 0) is 33.4 Å². The van der Waals surface area contributed by atoms with Crippen LogP contribution in [0.2, 0.25) is 0 Å². The molecule has 0 spiro atoms. The summed E-state index contributed by atoms with van der Waals surface area (Å²) in [4.78, 5) is 69.4. The zero-order valence-corrected chi connectivity index (χ0v) is 37.8. The molecule has 7 N–H and O–H groups in total. The Morgan fingerprint density at radius 3 is 1.28 bits per heavy atom. The lowest BCUT2D eigenvalue weighted by Crippen LogP contribution is -2.44. The maximum Gasteiger partial charge on any atom is 0.410 e. The standard InChI is InChI=1S/C12H21NO4.C11H19NO4.C8H15NO.2C6H11NO2/c1-12(2,3)17-11(15)13-7-5-6-9(8-13)10(14)16-4;1-11(2,3)16-10(15)12-6-4-5-8(7-12)9(13)14;10-8(4-5-8)7-3-1-2-6-9-7;2*8-6(9)5-3-1-2-4-7-5/h9H,5-8H2,1-4H3;8H,4-7H2,1-3H3,(H,13,14);7,9-10H,1-6H2;2*5,7H,1-4H2,(H,8,9)/t9-;8-;7-;2*5-/m00000/s1. The monoisotopic (exact) mass is 872 g/mol. The fourth-order valence-electron chi connectivity index (χ4n) is 7.41. The third-order valence-electron chi connectivity index (χ3n) is 11.0. The molecular weight excluding hydrogens is 794 g/mol. The van der Waals surface area contributed by atoms with Crippen molar-refractivity contribution in [2.75, 3.05) is 52.9 Å². The fraction of sp³-hybridized carbons (Fsp3) is 0.860. The summed E-state index contributed by atoms with van der Waals surface area (Å²) in [6, 6.07) is -0.140. The summed E-state index contributed by atoms with van der Waals surface area (Å²) in [5.41, 5.74) is -1.33. The molecule has 5 heterocycles. The maximum atomic E-state index is 11.8. The highest BCUT2D eigenvalue weighted by Gasteiger charge is 2.47. The van der Waals surface area contributed by atoms with Crippen LogP contribution in [0.1, 0.15) is 138 Å². The summed E-state index contributed by atoms with van der Waals surface area (Å²) in [6.45, 7) is 15.6. The molecule has 0 aromatic rings. The van der Waals surface area contributed by atoms with E-state index in [-0.39, 0.29) is 42.2 Å². The second-order valence-electron chi connectivity index (χ2n) is 18.7.